The van der Waals surface area contributed by atoms with Gasteiger partial charge in [0.1, 0.15) is 12.4 Å². The smallest absolute Gasteiger partial charge is 0.303 e. The predicted octanol–water partition coefficient (Wildman–Crippen LogP) is 1.99. The molecule has 0 saturated carbocycles. The minimum atomic E-state index is -0.919. The molecule has 0 spiro atoms. The summed E-state index contributed by atoms with van der Waals surface area (Å²) in [4.78, 5) is 21.6. The van der Waals surface area contributed by atoms with Crippen molar-refractivity contribution in [2.45, 2.75) is 20.0 Å². The first-order valence-corrected chi connectivity index (χ1v) is 5.05. The van der Waals surface area contributed by atoms with E-state index in [0.717, 1.165) is 0 Å². The molecule has 1 atom stereocenters. The van der Waals surface area contributed by atoms with Crippen molar-refractivity contribution >= 4 is 11.9 Å². The first kappa shape index (κ1) is 13.2. The van der Waals surface area contributed by atoms with Crippen LogP contribution in [0.15, 0.2) is 24.3 Å². The normalized spacial score (nSPS) is 11.7. The van der Waals surface area contributed by atoms with Gasteiger partial charge in [-0.2, -0.15) is 0 Å². The van der Waals surface area contributed by atoms with Gasteiger partial charge in [-0.15, -0.1) is 0 Å². The fraction of sp³-hybridized carbons (Fsp3) is 0.333. The molecular formula is C12H13FO4. The molecule has 0 saturated heterocycles. The third kappa shape index (κ3) is 4.22. The molecule has 0 N–H and O–H groups in total. The number of hydrogen-bond donors (Lipinski definition) is 0. The number of ether oxygens (including phenoxy) is 2. The van der Waals surface area contributed by atoms with Gasteiger partial charge in [-0.3, -0.25) is 9.59 Å². The van der Waals surface area contributed by atoms with E-state index in [1.165, 1.54) is 32.0 Å². The van der Waals surface area contributed by atoms with Gasteiger partial charge in [-0.05, 0) is 6.07 Å². The Labute approximate surface area is 98.3 Å². The Kier molecular flexibility index (Phi) is 4.63. The topological polar surface area (TPSA) is 52.6 Å². The van der Waals surface area contributed by atoms with Crippen molar-refractivity contribution in [1.29, 1.82) is 0 Å². The maximum Gasteiger partial charge on any atom is 0.303 e. The third-order valence-corrected chi connectivity index (χ3v) is 2.00. The summed E-state index contributed by atoms with van der Waals surface area (Å²) in [6.07, 6.45) is -0.919. The van der Waals surface area contributed by atoms with Gasteiger partial charge in [0.15, 0.2) is 6.10 Å². The minimum absolute atomic E-state index is 0.184. The van der Waals surface area contributed by atoms with E-state index in [0.29, 0.717) is 0 Å². The summed E-state index contributed by atoms with van der Waals surface area (Å²) < 4.78 is 23.1. The molecule has 92 valence electrons. The average molecular weight is 240 g/mol. The first-order valence-electron chi connectivity index (χ1n) is 5.05. The van der Waals surface area contributed by atoms with Gasteiger partial charge in [0, 0.05) is 19.4 Å². The van der Waals surface area contributed by atoms with Gasteiger partial charge in [-0.1, -0.05) is 18.2 Å². The lowest BCUT2D eigenvalue weighted by Gasteiger charge is -2.17. The quantitative estimate of drug-likeness (QED) is 0.755. The molecule has 0 radical (unpaired) electrons. The van der Waals surface area contributed by atoms with Crippen LogP contribution < -0.4 is 0 Å². The zero-order chi connectivity index (χ0) is 12.8. The van der Waals surface area contributed by atoms with Crippen molar-refractivity contribution in [2.75, 3.05) is 6.61 Å². The van der Waals surface area contributed by atoms with E-state index >= 15 is 0 Å². The third-order valence-electron chi connectivity index (χ3n) is 2.00. The second kappa shape index (κ2) is 5.98. The van der Waals surface area contributed by atoms with Crippen LogP contribution in [0, 0.1) is 5.82 Å². The van der Waals surface area contributed by atoms with Crippen LogP contribution >= 0.6 is 0 Å². The molecule has 0 aromatic heterocycles. The minimum Gasteiger partial charge on any atom is -0.462 e. The van der Waals surface area contributed by atoms with Gasteiger partial charge in [0.25, 0.3) is 0 Å². The van der Waals surface area contributed by atoms with Crippen LogP contribution in [0.4, 0.5) is 4.39 Å². The van der Waals surface area contributed by atoms with Crippen molar-refractivity contribution in [3.63, 3.8) is 0 Å². The molecule has 0 aliphatic heterocycles. The Morgan fingerprint density at radius 2 is 1.88 bits per heavy atom. The number of carbonyl (C=O) groups is 2. The molecule has 0 amide bonds. The Bertz CT molecular complexity index is 417. The molecule has 17 heavy (non-hydrogen) atoms. The molecule has 0 aliphatic rings. The highest BCUT2D eigenvalue weighted by atomic mass is 19.1. The first-order chi connectivity index (χ1) is 8.00. The standard InChI is InChI=1S/C12H13FO4/c1-8(14)16-7-12(17-9(2)15)10-5-3-4-6-11(10)13/h3-6,12H,7H2,1-2H3/t12-/m0/s1. The number of hydrogen-bond acceptors (Lipinski definition) is 4. The van der Waals surface area contributed by atoms with Gasteiger partial charge in [-0.25, -0.2) is 4.39 Å². The van der Waals surface area contributed by atoms with E-state index in [1.807, 2.05) is 0 Å². The van der Waals surface area contributed by atoms with Crippen LogP contribution in [-0.4, -0.2) is 18.5 Å². The van der Waals surface area contributed by atoms with Crippen molar-refractivity contribution in [2.24, 2.45) is 0 Å². The maximum atomic E-state index is 13.5. The average Bonchev–Trinajstić information content (AvgIpc) is 2.24. The van der Waals surface area contributed by atoms with Crippen molar-refractivity contribution in [1.82, 2.24) is 0 Å². The fourth-order valence-electron chi connectivity index (χ4n) is 1.32. The Balaban J connectivity index is 2.85. The molecule has 0 heterocycles. The van der Waals surface area contributed by atoms with E-state index in [4.69, 9.17) is 9.47 Å². The van der Waals surface area contributed by atoms with Crippen LogP contribution in [-0.2, 0) is 19.1 Å². The summed E-state index contributed by atoms with van der Waals surface area (Å²) in [6.45, 7) is 2.24. The number of esters is 2. The molecule has 0 aliphatic carbocycles. The van der Waals surface area contributed by atoms with Crippen LogP contribution in [0.3, 0.4) is 0 Å². The fourth-order valence-corrected chi connectivity index (χ4v) is 1.32. The summed E-state index contributed by atoms with van der Waals surface area (Å²) in [7, 11) is 0. The van der Waals surface area contributed by atoms with Gasteiger partial charge in [0.05, 0.1) is 0 Å². The molecule has 0 fully saturated rings. The molecule has 1 aromatic rings. The zero-order valence-electron chi connectivity index (χ0n) is 9.60. The van der Waals surface area contributed by atoms with E-state index in [1.54, 1.807) is 6.07 Å². The molecule has 4 nitrogen and oxygen atoms in total. The SMILES string of the molecule is CC(=O)OC[C@H](OC(C)=O)c1ccccc1F. The maximum absolute atomic E-state index is 13.5. The molecule has 1 aromatic carbocycles. The number of rotatable bonds is 4. The summed E-state index contributed by atoms with van der Waals surface area (Å²) in [6, 6.07) is 5.87. The highest BCUT2D eigenvalue weighted by Crippen LogP contribution is 2.21. The lowest BCUT2D eigenvalue weighted by molar-refractivity contribution is -0.156. The summed E-state index contributed by atoms with van der Waals surface area (Å²) in [5.74, 6) is -1.59. The largest absolute Gasteiger partial charge is 0.462 e. The molecule has 0 unspecified atom stereocenters. The summed E-state index contributed by atoms with van der Waals surface area (Å²) >= 11 is 0. The Morgan fingerprint density at radius 1 is 1.24 bits per heavy atom. The number of halogens is 1. The monoisotopic (exact) mass is 240 g/mol. The van der Waals surface area contributed by atoms with E-state index in [-0.39, 0.29) is 12.2 Å². The molecule has 0 bridgehead atoms. The van der Waals surface area contributed by atoms with E-state index in [2.05, 4.69) is 0 Å². The highest BCUT2D eigenvalue weighted by molar-refractivity contribution is 5.67. The van der Waals surface area contributed by atoms with Crippen LogP contribution in [0.1, 0.15) is 25.5 Å². The second-order valence-corrected chi connectivity index (χ2v) is 3.42. The van der Waals surface area contributed by atoms with Crippen molar-refractivity contribution < 1.29 is 23.5 Å². The van der Waals surface area contributed by atoms with Crippen LogP contribution in [0.5, 0.6) is 0 Å². The van der Waals surface area contributed by atoms with Gasteiger partial charge >= 0.3 is 11.9 Å². The Morgan fingerprint density at radius 3 is 2.41 bits per heavy atom. The zero-order valence-corrected chi connectivity index (χ0v) is 9.60. The van der Waals surface area contributed by atoms with Crippen molar-refractivity contribution in [3.05, 3.63) is 35.6 Å². The summed E-state index contributed by atoms with van der Waals surface area (Å²) in [5, 5.41) is 0. The summed E-state index contributed by atoms with van der Waals surface area (Å²) in [5.41, 5.74) is 0.184. The molecule has 1 rings (SSSR count). The predicted molar refractivity (Wildman–Crippen MR) is 57.5 cm³/mol. The Hall–Kier alpha value is -1.91. The number of benzene rings is 1. The van der Waals surface area contributed by atoms with Crippen LogP contribution in [0.25, 0.3) is 0 Å². The number of carbonyl (C=O) groups excluding carboxylic acids is 2. The molecule has 5 heteroatoms. The van der Waals surface area contributed by atoms with Gasteiger partial charge < -0.3 is 9.47 Å². The lowest BCUT2D eigenvalue weighted by Crippen LogP contribution is -2.17. The van der Waals surface area contributed by atoms with Gasteiger partial charge in [0.2, 0.25) is 0 Å². The highest BCUT2D eigenvalue weighted by Gasteiger charge is 2.19. The molecular weight excluding hydrogens is 227 g/mol. The second-order valence-electron chi connectivity index (χ2n) is 3.42. The van der Waals surface area contributed by atoms with E-state index in [9.17, 15) is 14.0 Å². The van der Waals surface area contributed by atoms with Crippen LogP contribution in [0.2, 0.25) is 0 Å². The lowest BCUT2D eigenvalue weighted by atomic mass is 10.1. The van der Waals surface area contributed by atoms with E-state index < -0.39 is 23.9 Å². The van der Waals surface area contributed by atoms with Crippen molar-refractivity contribution in [3.8, 4) is 0 Å².